The van der Waals surface area contributed by atoms with Crippen molar-refractivity contribution >= 4 is 17.7 Å². The molecule has 1 heterocycles. The lowest BCUT2D eigenvalue weighted by Crippen LogP contribution is -2.04. The summed E-state index contributed by atoms with van der Waals surface area (Å²) in [6, 6.07) is 0. The molecule has 0 aliphatic rings. The van der Waals surface area contributed by atoms with Crippen molar-refractivity contribution < 1.29 is 13.9 Å². The summed E-state index contributed by atoms with van der Waals surface area (Å²) in [6.45, 7) is 8.63. The molecule has 0 fully saturated rings. The second-order valence-corrected chi connectivity index (χ2v) is 5.61. The number of thioether (sulfide) groups is 1. The first kappa shape index (κ1) is 15.0. The van der Waals surface area contributed by atoms with Crippen molar-refractivity contribution in [2.24, 2.45) is 11.8 Å². The summed E-state index contributed by atoms with van der Waals surface area (Å²) in [5.41, 5.74) is 0. The summed E-state index contributed by atoms with van der Waals surface area (Å²) in [4.78, 5) is 11.3. The van der Waals surface area contributed by atoms with E-state index in [0.29, 0.717) is 23.7 Å². The fourth-order valence-electron chi connectivity index (χ4n) is 1.63. The molecule has 6 heteroatoms. The molecule has 18 heavy (non-hydrogen) atoms. The molecule has 0 N–H and O–H groups in total. The van der Waals surface area contributed by atoms with Gasteiger partial charge in [0.25, 0.3) is 5.22 Å². The van der Waals surface area contributed by atoms with Crippen LogP contribution < -0.4 is 0 Å². The third kappa shape index (κ3) is 5.08. The third-order valence-corrected chi connectivity index (χ3v) is 3.37. The smallest absolute Gasteiger partial charge is 0.396 e. The molecule has 1 rings (SSSR count). The fraction of sp³-hybridized carbons (Fsp3) is 0.750. The summed E-state index contributed by atoms with van der Waals surface area (Å²) in [6.07, 6.45) is 1.16. The number of carbonyl (C=O) groups excluding carboxylic acids is 1. The largest absolute Gasteiger partial charge is 0.459 e. The van der Waals surface area contributed by atoms with E-state index in [4.69, 9.17) is 9.15 Å². The quantitative estimate of drug-likeness (QED) is 0.561. The van der Waals surface area contributed by atoms with E-state index in [0.717, 1.165) is 12.2 Å². The van der Waals surface area contributed by atoms with E-state index in [9.17, 15) is 4.79 Å². The molecule has 0 saturated heterocycles. The van der Waals surface area contributed by atoms with Crippen LogP contribution in [0.15, 0.2) is 9.64 Å². The molecule has 0 bridgehead atoms. The lowest BCUT2D eigenvalue weighted by atomic mass is 10.0. The first-order chi connectivity index (χ1) is 8.52. The minimum atomic E-state index is -0.563. The van der Waals surface area contributed by atoms with Gasteiger partial charge in [-0.1, -0.05) is 37.6 Å². The average molecular weight is 272 g/mol. The maximum absolute atomic E-state index is 11.3. The van der Waals surface area contributed by atoms with E-state index in [1.807, 2.05) is 0 Å². The van der Waals surface area contributed by atoms with Crippen molar-refractivity contribution in [3.63, 3.8) is 0 Å². The standard InChI is InChI=1S/C12H20N2O3S/c1-5-16-11(15)10-13-14-12(17-10)18-7-9(4)6-8(2)3/h8-9H,5-7H2,1-4H3. The molecule has 0 saturated carbocycles. The van der Waals surface area contributed by atoms with Crippen LogP contribution in [0.2, 0.25) is 0 Å². The van der Waals surface area contributed by atoms with Crippen LogP contribution in [0.3, 0.4) is 0 Å². The molecular formula is C12H20N2O3S. The minimum Gasteiger partial charge on any atom is -0.459 e. The minimum absolute atomic E-state index is 0.0733. The highest BCUT2D eigenvalue weighted by molar-refractivity contribution is 7.99. The first-order valence-corrected chi connectivity index (χ1v) is 7.14. The second kappa shape index (κ2) is 7.41. The number of hydrogen-bond acceptors (Lipinski definition) is 6. The zero-order valence-corrected chi connectivity index (χ0v) is 12.1. The van der Waals surface area contributed by atoms with Gasteiger partial charge in [-0.3, -0.25) is 0 Å². The second-order valence-electron chi connectivity index (χ2n) is 4.64. The lowest BCUT2D eigenvalue weighted by molar-refractivity contribution is 0.0475. The van der Waals surface area contributed by atoms with Crippen LogP contribution in [0.5, 0.6) is 0 Å². The third-order valence-electron chi connectivity index (χ3n) is 2.22. The Labute approximate surface area is 112 Å². The molecule has 0 aromatic carbocycles. The van der Waals surface area contributed by atoms with Crippen molar-refractivity contribution in [1.82, 2.24) is 10.2 Å². The summed E-state index contributed by atoms with van der Waals surface area (Å²) < 4.78 is 9.99. The summed E-state index contributed by atoms with van der Waals surface area (Å²) in [7, 11) is 0. The highest BCUT2D eigenvalue weighted by atomic mass is 32.2. The maximum Gasteiger partial charge on any atom is 0.396 e. The molecule has 5 nitrogen and oxygen atoms in total. The van der Waals surface area contributed by atoms with Crippen molar-refractivity contribution in [3.05, 3.63) is 5.89 Å². The van der Waals surface area contributed by atoms with Crippen LogP contribution in [-0.2, 0) is 4.74 Å². The van der Waals surface area contributed by atoms with Crippen LogP contribution in [0.25, 0.3) is 0 Å². The van der Waals surface area contributed by atoms with Crippen LogP contribution >= 0.6 is 11.8 Å². The van der Waals surface area contributed by atoms with Crippen LogP contribution in [0.1, 0.15) is 44.8 Å². The van der Waals surface area contributed by atoms with E-state index in [1.165, 1.54) is 11.8 Å². The van der Waals surface area contributed by atoms with Gasteiger partial charge in [0.05, 0.1) is 6.61 Å². The fourth-order valence-corrected chi connectivity index (χ4v) is 2.43. The van der Waals surface area contributed by atoms with E-state index >= 15 is 0 Å². The molecule has 1 aromatic rings. The monoisotopic (exact) mass is 272 g/mol. The van der Waals surface area contributed by atoms with E-state index < -0.39 is 5.97 Å². The Morgan fingerprint density at radius 3 is 2.72 bits per heavy atom. The molecule has 1 aromatic heterocycles. The van der Waals surface area contributed by atoms with Gasteiger partial charge in [-0.25, -0.2) is 4.79 Å². The van der Waals surface area contributed by atoms with Gasteiger partial charge in [0.1, 0.15) is 0 Å². The Kier molecular flexibility index (Phi) is 6.18. The highest BCUT2D eigenvalue weighted by Crippen LogP contribution is 2.22. The van der Waals surface area contributed by atoms with Crippen LogP contribution in [-0.4, -0.2) is 28.5 Å². The Balaban J connectivity index is 2.42. The molecule has 0 amide bonds. The molecular weight excluding hydrogens is 252 g/mol. The molecule has 0 aliphatic heterocycles. The lowest BCUT2D eigenvalue weighted by Gasteiger charge is -2.11. The van der Waals surface area contributed by atoms with Crippen molar-refractivity contribution in [2.45, 2.75) is 39.3 Å². The van der Waals surface area contributed by atoms with Crippen LogP contribution in [0, 0.1) is 11.8 Å². The van der Waals surface area contributed by atoms with Gasteiger partial charge in [-0.15, -0.1) is 5.10 Å². The number of carbonyl (C=O) groups is 1. The predicted molar refractivity (Wildman–Crippen MR) is 69.6 cm³/mol. The van der Waals surface area contributed by atoms with Gasteiger partial charge in [-0.2, -0.15) is 0 Å². The number of esters is 1. The molecule has 1 unspecified atom stereocenters. The highest BCUT2D eigenvalue weighted by Gasteiger charge is 2.16. The van der Waals surface area contributed by atoms with E-state index in [2.05, 4.69) is 31.0 Å². The topological polar surface area (TPSA) is 65.2 Å². The summed E-state index contributed by atoms with van der Waals surface area (Å²) >= 11 is 1.48. The van der Waals surface area contributed by atoms with Gasteiger partial charge in [-0.05, 0) is 25.2 Å². The first-order valence-electron chi connectivity index (χ1n) is 6.16. The number of rotatable bonds is 7. The Morgan fingerprint density at radius 2 is 2.11 bits per heavy atom. The Bertz CT molecular complexity index is 379. The maximum atomic E-state index is 11.3. The number of aromatic nitrogens is 2. The molecule has 0 spiro atoms. The zero-order valence-electron chi connectivity index (χ0n) is 11.3. The van der Waals surface area contributed by atoms with Gasteiger partial charge in [0.2, 0.25) is 0 Å². The predicted octanol–water partition coefficient (Wildman–Crippen LogP) is 3.02. The molecule has 0 aliphatic carbocycles. The molecule has 0 radical (unpaired) electrons. The summed E-state index contributed by atoms with van der Waals surface area (Å²) in [5, 5.41) is 7.90. The van der Waals surface area contributed by atoms with Crippen LogP contribution in [0.4, 0.5) is 0 Å². The van der Waals surface area contributed by atoms with Crippen molar-refractivity contribution in [3.8, 4) is 0 Å². The SMILES string of the molecule is CCOC(=O)c1nnc(SCC(C)CC(C)C)o1. The van der Waals surface area contributed by atoms with Crippen molar-refractivity contribution in [2.75, 3.05) is 12.4 Å². The van der Waals surface area contributed by atoms with Gasteiger partial charge in [0.15, 0.2) is 0 Å². The van der Waals surface area contributed by atoms with E-state index in [1.54, 1.807) is 6.92 Å². The zero-order chi connectivity index (χ0) is 13.5. The average Bonchev–Trinajstić information content (AvgIpc) is 2.74. The van der Waals surface area contributed by atoms with Crippen molar-refractivity contribution in [1.29, 1.82) is 0 Å². The normalized spacial score (nSPS) is 12.7. The Morgan fingerprint density at radius 1 is 1.39 bits per heavy atom. The van der Waals surface area contributed by atoms with Gasteiger partial charge >= 0.3 is 11.9 Å². The Hall–Kier alpha value is -1.04. The number of ether oxygens (including phenoxy) is 1. The van der Waals surface area contributed by atoms with E-state index in [-0.39, 0.29) is 5.89 Å². The van der Waals surface area contributed by atoms with Gasteiger partial charge < -0.3 is 9.15 Å². The van der Waals surface area contributed by atoms with Gasteiger partial charge in [0, 0.05) is 5.75 Å². The summed E-state index contributed by atoms with van der Waals surface area (Å²) in [5.74, 6) is 1.53. The number of hydrogen-bond donors (Lipinski definition) is 0. The molecule has 102 valence electrons. The number of nitrogens with zero attached hydrogens (tertiary/aromatic N) is 2. The molecule has 1 atom stereocenters.